The third-order valence-corrected chi connectivity index (χ3v) is 4.41. The predicted molar refractivity (Wildman–Crippen MR) is 84.0 cm³/mol. The van der Waals surface area contributed by atoms with Crippen LogP contribution in [0.15, 0.2) is 18.2 Å². The van der Waals surface area contributed by atoms with Crippen LogP contribution in [0.3, 0.4) is 0 Å². The van der Waals surface area contributed by atoms with E-state index < -0.39 is 6.10 Å². The molecule has 4 nitrogen and oxygen atoms in total. The van der Waals surface area contributed by atoms with Crippen molar-refractivity contribution in [1.29, 1.82) is 0 Å². The molecule has 0 radical (unpaired) electrons. The summed E-state index contributed by atoms with van der Waals surface area (Å²) in [7, 11) is 3.25. The molecule has 2 atom stereocenters. The minimum atomic E-state index is -0.526. The fourth-order valence-corrected chi connectivity index (χ4v) is 3.09. The number of piperidine rings is 1. The van der Waals surface area contributed by atoms with Gasteiger partial charge in [0.1, 0.15) is 11.5 Å². The summed E-state index contributed by atoms with van der Waals surface area (Å²) in [6.07, 6.45) is 3.24. The lowest BCUT2D eigenvalue weighted by Gasteiger charge is -2.33. The Hall–Kier alpha value is -1.26. The first-order chi connectivity index (χ1) is 10.2. The van der Waals surface area contributed by atoms with Crippen LogP contribution in [0, 0.1) is 5.92 Å². The van der Waals surface area contributed by atoms with Gasteiger partial charge in [0.05, 0.1) is 20.3 Å². The number of likely N-dealkylation sites (tertiary alicyclic amines) is 1. The van der Waals surface area contributed by atoms with Crippen molar-refractivity contribution in [2.75, 3.05) is 33.9 Å². The van der Waals surface area contributed by atoms with Gasteiger partial charge in [0.2, 0.25) is 0 Å². The molecule has 0 saturated carbocycles. The molecule has 0 amide bonds. The average molecular weight is 293 g/mol. The summed E-state index contributed by atoms with van der Waals surface area (Å²) in [5.41, 5.74) is 0.830. The quantitative estimate of drug-likeness (QED) is 0.876. The van der Waals surface area contributed by atoms with Crippen LogP contribution in [-0.4, -0.2) is 43.9 Å². The molecule has 1 saturated heterocycles. The number of hydrogen-bond donors (Lipinski definition) is 1. The zero-order valence-corrected chi connectivity index (χ0v) is 13.3. The fourth-order valence-electron chi connectivity index (χ4n) is 3.09. The van der Waals surface area contributed by atoms with Crippen molar-refractivity contribution in [1.82, 2.24) is 4.90 Å². The molecular weight excluding hydrogens is 266 g/mol. The maximum absolute atomic E-state index is 10.5. The second kappa shape index (κ2) is 7.66. The van der Waals surface area contributed by atoms with Gasteiger partial charge >= 0.3 is 0 Å². The monoisotopic (exact) mass is 293 g/mol. The van der Waals surface area contributed by atoms with Gasteiger partial charge in [0.25, 0.3) is 0 Å². The van der Waals surface area contributed by atoms with Crippen molar-refractivity contribution in [2.24, 2.45) is 5.92 Å². The fraction of sp³-hybridized carbons (Fsp3) is 0.647. The maximum Gasteiger partial charge on any atom is 0.128 e. The highest BCUT2D eigenvalue weighted by Gasteiger charge is 2.22. The Labute approximate surface area is 127 Å². The summed E-state index contributed by atoms with van der Waals surface area (Å²) in [6, 6.07) is 5.58. The standard InChI is InChI=1S/C17H27NO3/c1-4-13-6-5-9-18(11-13)12-16(19)15-8-7-14(20-2)10-17(15)21-3/h7-8,10,13,16,19H,4-6,9,11-12H2,1-3H3. The highest BCUT2D eigenvalue weighted by atomic mass is 16.5. The molecule has 1 aromatic carbocycles. The molecular formula is C17H27NO3. The van der Waals surface area contributed by atoms with Crippen molar-refractivity contribution in [3.8, 4) is 11.5 Å². The van der Waals surface area contributed by atoms with Crippen molar-refractivity contribution in [3.05, 3.63) is 23.8 Å². The SMILES string of the molecule is CCC1CCCN(CC(O)c2ccc(OC)cc2OC)C1. The number of nitrogens with zero attached hydrogens (tertiary/aromatic N) is 1. The molecule has 1 aliphatic rings. The van der Waals surface area contributed by atoms with Crippen molar-refractivity contribution < 1.29 is 14.6 Å². The van der Waals surface area contributed by atoms with Gasteiger partial charge < -0.3 is 19.5 Å². The summed E-state index contributed by atoms with van der Waals surface area (Å²) in [6.45, 7) is 5.08. The Bertz CT molecular complexity index is 450. The van der Waals surface area contributed by atoms with Gasteiger partial charge in [-0.05, 0) is 37.4 Å². The largest absolute Gasteiger partial charge is 0.497 e. The Balaban J connectivity index is 2.04. The van der Waals surface area contributed by atoms with E-state index in [-0.39, 0.29) is 0 Å². The molecule has 1 N–H and O–H groups in total. The van der Waals surface area contributed by atoms with Crippen LogP contribution in [0.2, 0.25) is 0 Å². The van der Waals surface area contributed by atoms with Crippen LogP contribution in [0.1, 0.15) is 37.9 Å². The van der Waals surface area contributed by atoms with Gasteiger partial charge in [-0.15, -0.1) is 0 Å². The molecule has 0 aliphatic carbocycles. The van der Waals surface area contributed by atoms with E-state index in [1.807, 2.05) is 18.2 Å². The van der Waals surface area contributed by atoms with E-state index in [9.17, 15) is 5.11 Å². The van der Waals surface area contributed by atoms with Gasteiger partial charge in [-0.1, -0.05) is 13.3 Å². The molecule has 2 unspecified atom stereocenters. The predicted octanol–water partition coefficient (Wildman–Crippen LogP) is 2.86. The van der Waals surface area contributed by atoms with Gasteiger partial charge in [-0.25, -0.2) is 0 Å². The molecule has 4 heteroatoms. The van der Waals surface area contributed by atoms with Crippen LogP contribution in [0.5, 0.6) is 11.5 Å². The Morgan fingerprint density at radius 3 is 2.81 bits per heavy atom. The van der Waals surface area contributed by atoms with Crippen LogP contribution in [0.25, 0.3) is 0 Å². The molecule has 1 aromatic rings. The number of rotatable bonds is 6. The third kappa shape index (κ3) is 4.11. The van der Waals surface area contributed by atoms with Crippen LogP contribution >= 0.6 is 0 Å². The normalized spacial score (nSPS) is 21.0. The van der Waals surface area contributed by atoms with Crippen molar-refractivity contribution in [3.63, 3.8) is 0 Å². The number of ether oxygens (including phenoxy) is 2. The molecule has 0 bridgehead atoms. The zero-order valence-electron chi connectivity index (χ0n) is 13.3. The lowest BCUT2D eigenvalue weighted by Crippen LogP contribution is -2.37. The molecule has 21 heavy (non-hydrogen) atoms. The lowest BCUT2D eigenvalue weighted by molar-refractivity contribution is 0.0820. The minimum absolute atomic E-state index is 0.526. The first-order valence-corrected chi connectivity index (χ1v) is 7.80. The number of hydrogen-bond acceptors (Lipinski definition) is 4. The molecule has 1 fully saturated rings. The average Bonchev–Trinajstić information content (AvgIpc) is 2.54. The molecule has 0 spiro atoms. The minimum Gasteiger partial charge on any atom is -0.497 e. The van der Waals surface area contributed by atoms with E-state index in [4.69, 9.17) is 9.47 Å². The lowest BCUT2D eigenvalue weighted by atomic mass is 9.95. The van der Waals surface area contributed by atoms with Crippen LogP contribution < -0.4 is 9.47 Å². The molecule has 2 rings (SSSR count). The van der Waals surface area contributed by atoms with E-state index in [1.54, 1.807) is 14.2 Å². The van der Waals surface area contributed by atoms with E-state index in [0.717, 1.165) is 30.3 Å². The van der Waals surface area contributed by atoms with Gasteiger partial charge in [-0.3, -0.25) is 0 Å². The number of benzene rings is 1. The van der Waals surface area contributed by atoms with E-state index in [2.05, 4.69) is 11.8 Å². The molecule has 0 aromatic heterocycles. The summed E-state index contributed by atoms with van der Waals surface area (Å²) >= 11 is 0. The highest BCUT2D eigenvalue weighted by Crippen LogP contribution is 2.30. The third-order valence-electron chi connectivity index (χ3n) is 4.41. The van der Waals surface area contributed by atoms with E-state index in [1.165, 1.54) is 19.3 Å². The number of aliphatic hydroxyl groups is 1. The molecule has 118 valence electrons. The van der Waals surface area contributed by atoms with Gasteiger partial charge in [0, 0.05) is 24.7 Å². The topological polar surface area (TPSA) is 41.9 Å². The molecule has 1 aliphatic heterocycles. The molecule has 1 heterocycles. The van der Waals surface area contributed by atoms with E-state index >= 15 is 0 Å². The van der Waals surface area contributed by atoms with Crippen LogP contribution in [0.4, 0.5) is 0 Å². The maximum atomic E-state index is 10.5. The Kier molecular flexibility index (Phi) is 5.88. The Morgan fingerprint density at radius 2 is 2.14 bits per heavy atom. The highest BCUT2D eigenvalue weighted by molar-refractivity contribution is 5.42. The number of aliphatic hydroxyl groups excluding tert-OH is 1. The number of methoxy groups -OCH3 is 2. The second-order valence-corrected chi connectivity index (χ2v) is 5.80. The van der Waals surface area contributed by atoms with Gasteiger partial charge in [0.15, 0.2) is 0 Å². The summed E-state index contributed by atoms with van der Waals surface area (Å²) in [5.74, 6) is 2.20. The first-order valence-electron chi connectivity index (χ1n) is 7.80. The second-order valence-electron chi connectivity index (χ2n) is 5.80. The van der Waals surface area contributed by atoms with E-state index in [0.29, 0.717) is 12.3 Å². The number of β-amino-alcohol motifs (C(OH)–C–C–N with tert-alkyl or cyclic N) is 1. The smallest absolute Gasteiger partial charge is 0.128 e. The first kappa shape index (κ1) is 16.1. The summed E-state index contributed by atoms with van der Waals surface area (Å²) in [5, 5.41) is 10.5. The van der Waals surface area contributed by atoms with Crippen molar-refractivity contribution >= 4 is 0 Å². The zero-order chi connectivity index (χ0) is 15.2. The summed E-state index contributed by atoms with van der Waals surface area (Å²) < 4.78 is 10.6. The van der Waals surface area contributed by atoms with Crippen LogP contribution in [-0.2, 0) is 0 Å². The summed E-state index contributed by atoms with van der Waals surface area (Å²) in [4.78, 5) is 2.37. The van der Waals surface area contributed by atoms with Gasteiger partial charge in [-0.2, -0.15) is 0 Å². The van der Waals surface area contributed by atoms with Crippen molar-refractivity contribution in [2.45, 2.75) is 32.3 Å². The Morgan fingerprint density at radius 1 is 1.33 bits per heavy atom.